The van der Waals surface area contributed by atoms with Crippen LogP contribution in [-0.4, -0.2) is 44.7 Å². The monoisotopic (exact) mass is 586 g/mol. The molecule has 0 aromatic carbocycles. The third-order valence-electron chi connectivity index (χ3n) is 1.54. The number of hydrogen-bond donors (Lipinski definition) is 0. The van der Waals surface area contributed by atoms with Crippen molar-refractivity contribution < 1.29 is 15.0 Å². The summed E-state index contributed by atoms with van der Waals surface area (Å²) >= 11 is 30.5. The first-order chi connectivity index (χ1) is 8.49. The Bertz CT molecular complexity index is 283. The summed E-state index contributed by atoms with van der Waals surface area (Å²) < 4.78 is 6.54. The zero-order valence-electron chi connectivity index (χ0n) is 9.23. The van der Waals surface area contributed by atoms with E-state index in [4.69, 9.17) is 75.0 Å². The molecule has 0 unspecified atom stereocenters. The maximum absolute atomic E-state index is 11.2. The molecule has 11 heteroatoms. The van der Waals surface area contributed by atoms with Crippen molar-refractivity contribution in [2.45, 2.75) is 33.3 Å². The van der Waals surface area contributed by atoms with Gasteiger partial charge in [0.25, 0.3) is 0 Å². The van der Waals surface area contributed by atoms with Gasteiger partial charge < -0.3 is 0 Å². The molecule has 110 valence electrons. The number of rotatable bonds is 6. The van der Waals surface area contributed by atoms with Crippen molar-refractivity contribution in [3.8, 4) is 0 Å². The van der Waals surface area contributed by atoms with Gasteiger partial charge in [0, 0.05) is 0 Å². The van der Waals surface area contributed by atoms with Gasteiger partial charge >= 0.3 is 155 Å². The molecule has 0 rings (SSSR count). The second kappa shape index (κ2) is 9.59. The Kier molecular flexibility index (Phi) is 10.4. The summed E-state index contributed by atoms with van der Waals surface area (Å²) in [6.07, 6.45) is -0.0630. The van der Waals surface area contributed by atoms with E-state index in [0.29, 0.717) is 0 Å². The summed E-state index contributed by atoms with van der Waals surface area (Å²) in [4.78, 5) is 22.4. The number of alkyl halides is 6. The fourth-order valence-electron chi connectivity index (χ4n) is 0.703. The topological polar surface area (TPSA) is 52.6 Å². The molecule has 0 aliphatic rings. The molecule has 0 heterocycles. The summed E-state index contributed by atoms with van der Waals surface area (Å²) in [7, 11) is 0. The van der Waals surface area contributed by atoms with E-state index in [-0.39, 0.29) is 25.7 Å². The molecule has 2 radical (unpaired) electrons. The van der Waals surface area contributed by atoms with Crippen LogP contribution in [0.5, 0.6) is 0 Å². The van der Waals surface area contributed by atoms with Crippen LogP contribution in [0.15, 0.2) is 0 Å². The number of halogens is 6. The molecular formula is C8H8Cl6O4Pb. The normalized spacial score (nSPS) is 12.1. The van der Waals surface area contributed by atoms with Crippen LogP contribution >= 0.6 is 69.6 Å². The van der Waals surface area contributed by atoms with Crippen molar-refractivity contribution in [2.24, 2.45) is 0 Å². The second-order valence-corrected chi connectivity index (χ2v) is 10.5. The van der Waals surface area contributed by atoms with Gasteiger partial charge in [-0.3, -0.25) is 0 Å². The molecule has 0 atom stereocenters. The molecule has 19 heavy (non-hydrogen) atoms. The molecule has 0 aromatic heterocycles. The summed E-state index contributed by atoms with van der Waals surface area (Å²) in [5, 5.41) is 0. The van der Waals surface area contributed by atoms with Crippen LogP contribution in [0.25, 0.3) is 0 Å². The Hall–Kier alpha value is 1.60. The van der Waals surface area contributed by atoms with E-state index in [2.05, 4.69) is 0 Å². The van der Waals surface area contributed by atoms with E-state index < -0.39 is 44.7 Å². The van der Waals surface area contributed by atoms with Gasteiger partial charge in [0.1, 0.15) is 0 Å². The van der Waals surface area contributed by atoms with Crippen molar-refractivity contribution >= 4 is 107 Å². The van der Waals surface area contributed by atoms with Crippen LogP contribution in [0.1, 0.15) is 25.7 Å². The van der Waals surface area contributed by atoms with Crippen LogP contribution < -0.4 is 0 Å². The molecule has 4 nitrogen and oxygen atoms in total. The fourth-order valence-corrected chi connectivity index (χ4v) is 2.95. The average molecular weight is 588 g/mol. The van der Waals surface area contributed by atoms with Crippen LogP contribution in [0.3, 0.4) is 0 Å². The zero-order valence-corrected chi connectivity index (χ0v) is 17.7. The molecule has 0 aliphatic carbocycles. The molecule has 0 aromatic rings. The summed E-state index contributed by atoms with van der Waals surface area (Å²) in [5.74, 6) is -1.13. The van der Waals surface area contributed by atoms with Gasteiger partial charge in [-0.25, -0.2) is 0 Å². The van der Waals surface area contributed by atoms with Crippen molar-refractivity contribution in [1.29, 1.82) is 0 Å². The van der Waals surface area contributed by atoms with E-state index in [1.165, 1.54) is 0 Å². The van der Waals surface area contributed by atoms with Crippen LogP contribution in [0, 0.1) is 0 Å². The number of hydrogen-bond acceptors (Lipinski definition) is 4. The summed E-state index contributed by atoms with van der Waals surface area (Å²) in [6, 6.07) is 0. The molecule has 0 saturated carbocycles. The van der Waals surface area contributed by atoms with Gasteiger partial charge in [0.2, 0.25) is 0 Å². The Labute approximate surface area is 153 Å². The standard InChI is InChI=1S/2C4H5Cl3O2.Pb/c2*5-4(6,7)2-1-3(8)9;/h2*1-2H2,(H,8,9);/q;;+2/p-2. The molecule has 0 N–H and O–H groups in total. The van der Waals surface area contributed by atoms with Crippen LogP contribution in [-0.2, 0) is 15.0 Å². The van der Waals surface area contributed by atoms with Crippen molar-refractivity contribution in [3.05, 3.63) is 0 Å². The molecule has 0 amide bonds. The summed E-state index contributed by atoms with van der Waals surface area (Å²) in [5.41, 5.74) is 0. The van der Waals surface area contributed by atoms with Crippen molar-refractivity contribution in [3.63, 3.8) is 0 Å². The Morgan fingerprint density at radius 3 is 1.37 bits per heavy atom. The number of carbonyl (C=O) groups is 2. The van der Waals surface area contributed by atoms with Crippen LogP contribution in [0.4, 0.5) is 0 Å². The molecule has 0 bridgehead atoms. The Morgan fingerprint density at radius 2 is 1.11 bits per heavy atom. The first-order valence-electron chi connectivity index (χ1n) is 4.77. The second-order valence-electron chi connectivity index (χ2n) is 3.26. The minimum atomic E-state index is -2.26. The third kappa shape index (κ3) is 15.8. The van der Waals surface area contributed by atoms with E-state index >= 15 is 0 Å². The van der Waals surface area contributed by atoms with Crippen molar-refractivity contribution in [2.75, 3.05) is 0 Å². The van der Waals surface area contributed by atoms with Gasteiger partial charge in [0.05, 0.1) is 0 Å². The average Bonchev–Trinajstić information content (AvgIpc) is 2.22. The Morgan fingerprint density at radius 1 is 0.789 bits per heavy atom. The van der Waals surface area contributed by atoms with E-state index in [9.17, 15) is 9.59 Å². The third-order valence-corrected chi connectivity index (χ3v) is 5.09. The molecular weight excluding hydrogens is 580 g/mol. The predicted molar refractivity (Wildman–Crippen MR) is 77.0 cm³/mol. The van der Waals surface area contributed by atoms with E-state index in [1.807, 2.05) is 0 Å². The van der Waals surface area contributed by atoms with Gasteiger partial charge in [-0.15, -0.1) is 0 Å². The Balaban J connectivity index is 3.68. The van der Waals surface area contributed by atoms with E-state index in [1.54, 1.807) is 0 Å². The number of carbonyl (C=O) groups excluding carboxylic acids is 2. The van der Waals surface area contributed by atoms with E-state index in [0.717, 1.165) is 0 Å². The quantitative estimate of drug-likeness (QED) is 0.349. The SMILES string of the molecule is O=C(CCC(Cl)(Cl)Cl)[O][Pb][O]C(=O)CCC(Cl)(Cl)Cl. The predicted octanol–water partition coefficient (Wildman–Crippen LogP) is 3.91. The van der Waals surface area contributed by atoms with Gasteiger partial charge in [-0.05, 0) is 0 Å². The van der Waals surface area contributed by atoms with Crippen molar-refractivity contribution in [1.82, 2.24) is 0 Å². The summed E-state index contributed by atoms with van der Waals surface area (Å²) in [6.45, 7) is 0. The first kappa shape index (κ1) is 20.6. The maximum atomic E-state index is 11.2. The molecule has 0 fully saturated rings. The van der Waals surface area contributed by atoms with Crippen LogP contribution in [0.2, 0.25) is 0 Å². The molecule has 0 saturated heterocycles. The van der Waals surface area contributed by atoms with Gasteiger partial charge in [0.15, 0.2) is 0 Å². The fraction of sp³-hybridized carbons (Fsp3) is 0.750. The molecule has 0 aliphatic heterocycles. The minimum absolute atomic E-state index is 0.0288. The zero-order chi connectivity index (χ0) is 15.1. The molecule has 0 spiro atoms. The van der Waals surface area contributed by atoms with Gasteiger partial charge in [-0.1, -0.05) is 0 Å². The first-order valence-corrected chi connectivity index (χ1v) is 10.2. The van der Waals surface area contributed by atoms with Gasteiger partial charge in [-0.2, -0.15) is 0 Å².